The molecule has 0 saturated carbocycles. The Morgan fingerprint density at radius 2 is 2.04 bits per heavy atom. The number of rotatable bonds is 8. The summed E-state index contributed by atoms with van der Waals surface area (Å²) < 4.78 is 30.5. The summed E-state index contributed by atoms with van der Waals surface area (Å²) in [7, 11) is -1.94. The molecule has 0 fully saturated rings. The number of nitrogens with zero attached hydrogens (tertiary/aromatic N) is 2. The average molecular weight is 377 g/mol. The van der Waals surface area contributed by atoms with Gasteiger partial charge in [0.05, 0.1) is 31.3 Å². The van der Waals surface area contributed by atoms with Crippen molar-refractivity contribution >= 4 is 21.6 Å². The highest BCUT2D eigenvalue weighted by Crippen LogP contribution is 2.25. The van der Waals surface area contributed by atoms with Crippen molar-refractivity contribution in [3.63, 3.8) is 0 Å². The van der Waals surface area contributed by atoms with Crippen LogP contribution in [-0.2, 0) is 21.4 Å². The second kappa shape index (κ2) is 8.77. The van der Waals surface area contributed by atoms with Gasteiger partial charge in [-0.2, -0.15) is 4.31 Å². The highest BCUT2D eigenvalue weighted by Gasteiger charge is 2.19. The standard InChI is InChI=1S/C18H23N3O4S/c1-14-7-8-17(25-2)16(12-14)20-18(22)9-11-21(26(3,23)24)13-15-6-4-5-10-19-15/h4-8,10,12H,9,11,13H2,1-3H3,(H,20,22). The van der Waals surface area contributed by atoms with Crippen molar-refractivity contribution in [2.75, 3.05) is 25.2 Å². The third-order valence-electron chi connectivity index (χ3n) is 3.75. The van der Waals surface area contributed by atoms with E-state index < -0.39 is 10.0 Å². The molecule has 0 unspecified atom stereocenters. The third-order valence-corrected chi connectivity index (χ3v) is 5.00. The minimum absolute atomic E-state index is 0.0248. The second-order valence-electron chi connectivity index (χ2n) is 5.92. The lowest BCUT2D eigenvalue weighted by atomic mass is 10.2. The van der Waals surface area contributed by atoms with E-state index in [9.17, 15) is 13.2 Å². The number of carbonyl (C=O) groups is 1. The van der Waals surface area contributed by atoms with Crippen LogP contribution in [0.2, 0.25) is 0 Å². The monoisotopic (exact) mass is 377 g/mol. The number of ether oxygens (including phenoxy) is 1. The van der Waals surface area contributed by atoms with E-state index in [4.69, 9.17) is 4.74 Å². The molecule has 26 heavy (non-hydrogen) atoms. The highest BCUT2D eigenvalue weighted by atomic mass is 32.2. The summed E-state index contributed by atoms with van der Waals surface area (Å²) in [6, 6.07) is 10.8. The first-order chi connectivity index (χ1) is 12.3. The molecule has 7 nitrogen and oxygen atoms in total. The van der Waals surface area contributed by atoms with E-state index >= 15 is 0 Å². The summed E-state index contributed by atoms with van der Waals surface area (Å²) in [5, 5.41) is 2.77. The molecule has 1 amide bonds. The van der Waals surface area contributed by atoms with Gasteiger partial charge in [-0.25, -0.2) is 8.42 Å². The first kappa shape index (κ1) is 19.9. The fraction of sp³-hybridized carbons (Fsp3) is 0.333. The molecule has 2 rings (SSSR count). The molecule has 0 spiro atoms. The first-order valence-electron chi connectivity index (χ1n) is 8.09. The summed E-state index contributed by atoms with van der Waals surface area (Å²) in [6.07, 6.45) is 2.75. The lowest BCUT2D eigenvalue weighted by Gasteiger charge is -2.19. The van der Waals surface area contributed by atoms with E-state index in [2.05, 4.69) is 10.3 Å². The van der Waals surface area contributed by atoms with Crippen LogP contribution in [0.1, 0.15) is 17.7 Å². The van der Waals surface area contributed by atoms with Crippen LogP contribution in [0.4, 0.5) is 5.69 Å². The SMILES string of the molecule is COc1ccc(C)cc1NC(=O)CCN(Cc1ccccn1)S(C)(=O)=O. The molecule has 8 heteroatoms. The summed E-state index contributed by atoms with van der Waals surface area (Å²) in [4.78, 5) is 16.4. The summed E-state index contributed by atoms with van der Waals surface area (Å²) in [5.74, 6) is 0.265. The van der Waals surface area contributed by atoms with Crippen molar-refractivity contribution in [2.45, 2.75) is 19.9 Å². The zero-order chi connectivity index (χ0) is 19.2. The second-order valence-corrected chi connectivity index (χ2v) is 7.90. The number of aryl methyl sites for hydroxylation is 1. The Bertz CT molecular complexity index is 854. The largest absolute Gasteiger partial charge is 0.495 e. The zero-order valence-electron chi connectivity index (χ0n) is 15.1. The maximum absolute atomic E-state index is 12.3. The van der Waals surface area contributed by atoms with Gasteiger partial charge >= 0.3 is 0 Å². The average Bonchev–Trinajstić information content (AvgIpc) is 2.58. The number of nitrogens with one attached hydrogen (secondary N) is 1. The maximum Gasteiger partial charge on any atom is 0.225 e. The molecule has 2 aromatic rings. The number of pyridine rings is 1. The predicted molar refractivity (Wildman–Crippen MR) is 100 cm³/mol. The van der Waals surface area contributed by atoms with Gasteiger partial charge in [0.25, 0.3) is 0 Å². The number of hydrogen-bond acceptors (Lipinski definition) is 5. The molecule has 0 radical (unpaired) electrons. The van der Waals surface area contributed by atoms with Crippen LogP contribution < -0.4 is 10.1 Å². The lowest BCUT2D eigenvalue weighted by Crippen LogP contribution is -2.32. The number of hydrogen-bond donors (Lipinski definition) is 1. The molecule has 1 N–H and O–H groups in total. The molecular formula is C18H23N3O4S. The van der Waals surface area contributed by atoms with Crippen molar-refractivity contribution in [1.82, 2.24) is 9.29 Å². The molecule has 0 saturated heterocycles. The van der Waals surface area contributed by atoms with Gasteiger partial charge in [-0.3, -0.25) is 9.78 Å². The van der Waals surface area contributed by atoms with Crippen LogP contribution in [0, 0.1) is 6.92 Å². The molecular weight excluding hydrogens is 354 g/mol. The van der Waals surface area contributed by atoms with E-state index in [0.29, 0.717) is 17.1 Å². The minimum atomic E-state index is -3.46. The Kier molecular flexibility index (Phi) is 6.70. The van der Waals surface area contributed by atoms with Crippen LogP contribution >= 0.6 is 0 Å². The highest BCUT2D eigenvalue weighted by molar-refractivity contribution is 7.88. The van der Waals surface area contributed by atoms with Crippen LogP contribution in [0.15, 0.2) is 42.6 Å². The lowest BCUT2D eigenvalue weighted by molar-refractivity contribution is -0.116. The van der Waals surface area contributed by atoms with Crippen LogP contribution in [0.5, 0.6) is 5.75 Å². The smallest absolute Gasteiger partial charge is 0.225 e. The van der Waals surface area contributed by atoms with Gasteiger partial charge in [0.15, 0.2) is 0 Å². The number of anilines is 1. The van der Waals surface area contributed by atoms with Gasteiger partial charge in [0.1, 0.15) is 5.75 Å². The number of carbonyl (C=O) groups excluding carboxylic acids is 1. The Balaban J connectivity index is 2.02. The Morgan fingerprint density at radius 3 is 2.65 bits per heavy atom. The van der Waals surface area contributed by atoms with Crippen LogP contribution in [0.25, 0.3) is 0 Å². The molecule has 1 aromatic carbocycles. The van der Waals surface area contributed by atoms with Crippen molar-refractivity contribution in [3.8, 4) is 5.75 Å². The van der Waals surface area contributed by atoms with Gasteiger partial charge in [-0.1, -0.05) is 12.1 Å². The molecule has 0 aliphatic rings. The fourth-order valence-electron chi connectivity index (χ4n) is 2.39. The fourth-order valence-corrected chi connectivity index (χ4v) is 3.18. The Labute approximate surface area is 154 Å². The van der Waals surface area contributed by atoms with Gasteiger partial charge in [-0.15, -0.1) is 0 Å². The quantitative estimate of drug-likeness (QED) is 0.762. The van der Waals surface area contributed by atoms with Crippen molar-refractivity contribution in [1.29, 1.82) is 0 Å². The van der Waals surface area contributed by atoms with Crippen molar-refractivity contribution in [2.24, 2.45) is 0 Å². The topological polar surface area (TPSA) is 88.6 Å². The van der Waals surface area contributed by atoms with Crippen molar-refractivity contribution < 1.29 is 17.9 Å². The third kappa shape index (κ3) is 5.82. The molecule has 0 aliphatic heterocycles. The van der Waals surface area contributed by atoms with Crippen LogP contribution in [0.3, 0.4) is 0 Å². The Morgan fingerprint density at radius 1 is 1.27 bits per heavy atom. The number of methoxy groups -OCH3 is 1. The molecule has 0 atom stereocenters. The van der Waals surface area contributed by atoms with E-state index in [-0.39, 0.29) is 25.4 Å². The minimum Gasteiger partial charge on any atom is -0.495 e. The summed E-state index contributed by atoms with van der Waals surface area (Å²) in [6.45, 7) is 2.10. The summed E-state index contributed by atoms with van der Waals surface area (Å²) in [5.41, 5.74) is 2.17. The number of sulfonamides is 1. The van der Waals surface area contributed by atoms with Gasteiger partial charge in [0.2, 0.25) is 15.9 Å². The molecule has 0 aliphatic carbocycles. The zero-order valence-corrected chi connectivity index (χ0v) is 15.9. The van der Waals surface area contributed by atoms with E-state index in [1.807, 2.05) is 13.0 Å². The van der Waals surface area contributed by atoms with Gasteiger partial charge in [-0.05, 0) is 36.8 Å². The van der Waals surface area contributed by atoms with E-state index in [1.165, 1.54) is 11.4 Å². The van der Waals surface area contributed by atoms with Crippen molar-refractivity contribution in [3.05, 3.63) is 53.9 Å². The summed E-state index contributed by atoms with van der Waals surface area (Å²) >= 11 is 0. The van der Waals surface area contributed by atoms with E-state index in [1.54, 1.807) is 36.5 Å². The first-order valence-corrected chi connectivity index (χ1v) is 9.94. The molecule has 140 valence electrons. The maximum atomic E-state index is 12.3. The van der Waals surface area contributed by atoms with Gasteiger partial charge in [0, 0.05) is 19.2 Å². The number of aromatic nitrogens is 1. The van der Waals surface area contributed by atoms with Crippen LogP contribution in [-0.4, -0.2) is 43.5 Å². The Hall–Kier alpha value is -2.45. The normalized spacial score (nSPS) is 11.4. The molecule has 0 bridgehead atoms. The predicted octanol–water partition coefficient (Wildman–Crippen LogP) is 2.19. The van der Waals surface area contributed by atoms with Gasteiger partial charge < -0.3 is 10.1 Å². The molecule has 1 heterocycles. The molecule has 1 aromatic heterocycles. The van der Waals surface area contributed by atoms with E-state index in [0.717, 1.165) is 11.8 Å². The number of amides is 1. The number of benzene rings is 1.